The zero-order chi connectivity index (χ0) is 35.5. The summed E-state index contributed by atoms with van der Waals surface area (Å²) < 4.78 is 17.3. The number of hydrogen-bond donors (Lipinski definition) is 1. The Bertz CT molecular complexity index is 1830. The zero-order valence-corrected chi connectivity index (χ0v) is 28.0. The van der Waals surface area contributed by atoms with Gasteiger partial charge in [-0.05, 0) is 80.1 Å². The number of nitrogens with zero attached hydrogens (tertiary/aromatic N) is 4. The first-order chi connectivity index (χ1) is 23.5. The van der Waals surface area contributed by atoms with E-state index in [4.69, 9.17) is 14.2 Å². The lowest BCUT2D eigenvalue weighted by atomic mass is 10.00. The van der Waals surface area contributed by atoms with Gasteiger partial charge in [-0.25, -0.2) is 4.79 Å². The van der Waals surface area contributed by atoms with Crippen molar-refractivity contribution in [3.63, 3.8) is 0 Å². The minimum atomic E-state index is -0.480. The molecule has 0 saturated heterocycles. The number of rotatable bonds is 17. The van der Waals surface area contributed by atoms with E-state index >= 15 is 0 Å². The number of carbonyl (C=O) groups is 4. The van der Waals surface area contributed by atoms with Gasteiger partial charge in [0.25, 0.3) is 0 Å². The Morgan fingerprint density at radius 2 is 1.59 bits per heavy atom. The van der Waals surface area contributed by atoms with Crippen molar-refractivity contribution in [3.8, 4) is 28.6 Å². The molecule has 4 rings (SSSR count). The minimum Gasteiger partial charge on any atom is -0.485 e. The van der Waals surface area contributed by atoms with Crippen LogP contribution >= 0.6 is 0 Å². The fourth-order valence-electron chi connectivity index (χ4n) is 4.75. The monoisotopic (exact) mass is 665 g/mol. The SMILES string of the molecule is C=CCOC(=O)c1ccc(CC(=O)c2ccc(-n3nnc(-c4ccc(NC(=O)C(C)CC(C)=O)cc4)n3)c(OC(C)C)c2OCC=C)cc1. The molecule has 0 aliphatic carbocycles. The van der Waals surface area contributed by atoms with Crippen molar-refractivity contribution in [2.24, 2.45) is 5.92 Å². The first kappa shape index (κ1) is 35.9. The van der Waals surface area contributed by atoms with E-state index in [1.54, 1.807) is 73.7 Å². The normalized spacial score (nSPS) is 11.4. The molecule has 1 amide bonds. The van der Waals surface area contributed by atoms with Gasteiger partial charge in [-0.15, -0.1) is 15.0 Å². The second-order valence-electron chi connectivity index (χ2n) is 11.5. The highest BCUT2D eigenvalue weighted by molar-refractivity contribution is 6.01. The molecular weight excluding hydrogens is 626 g/mol. The lowest BCUT2D eigenvalue weighted by Gasteiger charge is -2.20. The molecule has 0 spiro atoms. The predicted molar refractivity (Wildman–Crippen MR) is 184 cm³/mol. The predicted octanol–water partition coefficient (Wildman–Crippen LogP) is 6.00. The number of carbonyl (C=O) groups excluding carboxylic acids is 4. The lowest BCUT2D eigenvalue weighted by molar-refractivity contribution is -0.124. The number of anilines is 1. The van der Waals surface area contributed by atoms with Crippen LogP contribution in [0.5, 0.6) is 11.5 Å². The van der Waals surface area contributed by atoms with Crippen LogP contribution in [0.2, 0.25) is 0 Å². The maximum atomic E-state index is 13.7. The highest BCUT2D eigenvalue weighted by atomic mass is 16.5. The van der Waals surface area contributed by atoms with Crippen LogP contribution in [0.25, 0.3) is 17.1 Å². The molecule has 49 heavy (non-hydrogen) atoms. The van der Waals surface area contributed by atoms with E-state index in [0.717, 1.165) is 0 Å². The summed E-state index contributed by atoms with van der Waals surface area (Å²) in [6, 6.07) is 16.8. The summed E-state index contributed by atoms with van der Waals surface area (Å²) in [5.41, 5.74) is 2.94. The van der Waals surface area contributed by atoms with Crippen LogP contribution in [0.1, 0.15) is 60.4 Å². The molecule has 1 heterocycles. The van der Waals surface area contributed by atoms with Crippen LogP contribution in [0.3, 0.4) is 0 Å². The van der Waals surface area contributed by atoms with E-state index in [1.807, 2.05) is 13.8 Å². The Balaban J connectivity index is 1.61. The van der Waals surface area contributed by atoms with Gasteiger partial charge in [-0.3, -0.25) is 9.59 Å². The summed E-state index contributed by atoms with van der Waals surface area (Å²) in [6.45, 7) is 14.3. The van der Waals surface area contributed by atoms with E-state index in [1.165, 1.54) is 17.8 Å². The Morgan fingerprint density at radius 1 is 0.898 bits per heavy atom. The van der Waals surface area contributed by atoms with Crippen LogP contribution in [-0.4, -0.2) is 63.0 Å². The number of ketones is 2. The fourth-order valence-corrected chi connectivity index (χ4v) is 4.75. The molecule has 0 radical (unpaired) electrons. The third kappa shape index (κ3) is 9.57. The van der Waals surface area contributed by atoms with Crippen molar-refractivity contribution in [2.45, 2.75) is 46.6 Å². The van der Waals surface area contributed by atoms with Crippen molar-refractivity contribution in [1.29, 1.82) is 0 Å². The third-order valence-corrected chi connectivity index (χ3v) is 7.06. The maximum Gasteiger partial charge on any atom is 0.338 e. The summed E-state index contributed by atoms with van der Waals surface area (Å²) in [7, 11) is 0. The van der Waals surface area contributed by atoms with Gasteiger partial charge in [0.2, 0.25) is 11.7 Å². The van der Waals surface area contributed by atoms with Gasteiger partial charge >= 0.3 is 5.97 Å². The van der Waals surface area contributed by atoms with Gasteiger partial charge in [0.05, 0.1) is 17.2 Å². The number of Topliss-reactive ketones (excluding diaryl/α,β-unsaturated/α-hetero) is 2. The second-order valence-corrected chi connectivity index (χ2v) is 11.5. The Kier molecular flexibility index (Phi) is 12.3. The van der Waals surface area contributed by atoms with Gasteiger partial charge < -0.3 is 24.3 Å². The number of nitrogens with one attached hydrogen (secondary N) is 1. The molecular formula is C37H39N5O7. The summed E-state index contributed by atoms with van der Waals surface area (Å²) in [5.74, 6) is -0.702. The Hall–Kier alpha value is -5.91. The number of hydrogen-bond acceptors (Lipinski definition) is 10. The Morgan fingerprint density at radius 3 is 2.22 bits per heavy atom. The van der Waals surface area contributed by atoms with Crippen LogP contribution in [-0.2, 0) is 20.7 Å². The van der Waals surface area contributed by atoms with E-state index in [0.29, 0.717) is 33.9 Å². The lowest BCUT2D eigenvalue weighted by Crippen LogP contribution is -2.22. The second kappa shape index (κ2) is 16.8. The molecule has 1 atom stereocenters. The van der Waals surface area contributed by atoms with Gasteiger partial charge in [-0.1, -0.05) is 44.4 Å². The number of benzene rings is 3. The minimum absolute atomic E-state index is 0.0325. The van der Waals surface area contributed by atoms with Crippen molar-refractivity contribution in [1.82, 2.24) is 20.2 Å². The zero-order valence-electron chi connectivity index (χ0n) is 28.0. The standard InChI is InChI=1S/C37H39N5O7/c1-7-19-47-33-30(32(44)22-26-9-11-28(12-10-26)37(46)48-20-8-2)17-18-31(34(33)49-23(3)4)42-40-35(39-41-42)27-13-15-29(16-14-27)38-36(45)24(5)21-25(6)43/h7-18,23-24H,1-2,19-22H2,3-6H3,(H,38,45). The van der Waals surface area contributed by atoms with E-state index in [9.17, 15) is 19.2 Å². The molecule has 1 N–H and O–H groups in total. The first-order valence-corrected chi connectivity index (χ1v) is 15.7. The average molecular weight is 666 g/mol. The molecule has 0 fully saturated rings. The number of amides is 1. The number of ether oxygens (including phenoxy) is 3. The van der Waals surface area contributed by atoms with Gasteiger partial charge in [0, 0.05) is 30.0 Å². The molecule has 1 unspecified atom stereocenters. The third-order valence-electron chi connectivity index (χ3n) is 7.06. The topological polar surface area (TPSA) is 152 Å². The van der Waals surface area contributed by atoms with Crippen LogP contribution < -0.4 is 14.8 Å². The highest BCUT2D eigenvalue weighted by Gasteiger charge is 2.25. The fraction of sp³-hybridized carbons (Fsp3) is 0.270. The summed E-state index contributed by atoms with van der Waals surface area (Å²) >= 11 is 0. The molecule has 12 heteroatoms. The molecule has 1 aromatic heterocycles. The molecule has 0 bridgehead atoms. The molecule has 0 aliphatic rings. The van der Waals surface area contributed by atoms with Crippen molar-refractivity contribution < 1.29 is 33.4 Å². The van der Waals surface area contributed by atoms with Crippen LogP contribution in [0.4, 0.5) is 5.69 Å². The number of aromatic nitrogens is 4. The van der Waals surface area contributed by atoms with Gasteiger partial charge in [-0.2, -0.15) is 0 Å². The van der Waals surface area contributed by atoms with Gasteiger partial charge in [0.15, 0.2) is 17.3 Å². The average Bonchev–Trinajstić information content (AvgIpc) is 3.56. The summed E-state index contributed by atoms with van der Waals surface area (Å²) in [6.07, 6.45) is 2.95. The van der Waals surface area contributed by atoms with Crippen molar-refractivity contribution in [2.75, 3.05) is 18.5 Å². The smallest absolute Gasteiger partial charge is 0.338 e. The van der Waals surface area contributed by atoms with E-state index < -0.39 is 11.9 Å². The largest absolute Gasteiger partial charge is 0.485 e. The number of esters is 1. The molecule has 12 nitrogen and oxygen atoms in total. The summed E-state index contributed by atoms with van der Waals surface area (Å²) in [5, 5.41) is 15.8. The van der Waals surface area contributed by atoms with Crippen LogP contribution in [0.15, 0.2) is 86.0 Å². The molecule has 254 valence electrons. The summed E-state index contributed by atoms with van der Waals surface area (Å²) in [4.78, 5) is 50.9. The van der Waals surface area contributed by atoms with Gasteiger partial charge in [0.1, 0.15) is 24.7 Å². The number of tetrazole rings is 1. The Labute approximate surface area is 284 Å². The van der Waals surface area contributed by atoms with E-state index in [-0.39, 0.29) is 66.7 Å². The van der Waals surface area contributed by atoms with E-state index in [2.05, 4.69) is 33.9 Å². The van der Waals surface area contributed by atoms with Crippen molar-refractivity contribution in [3.05, 3.63) is 103 Å². The molecule has 0 aliphatic heterocycles. The highest BCUT2D eigenvalue weighted by Crippen LogP contribution is 2.39. The molecule has 4 aromatic rings. The first-order valence-electron chi connectivity index (χ1n) is 15.7. The van der Waals surface area contributed by atoms with Crippen LogP contribution in [0, 0.1) is 5.92 Å². The maximum absolute atomic E-state index is 13.7. The van der Waals surface area contributed by atoms with Crippen molar-refractivity contribution >= 4 is 29.1 Å². The molecule has 3 aromatic carbocycles. The quantitative estimate of drug-likeness (QED) is 0.0807. The molecule has 0 saturated carbocycles.